The SMILES string of the molecule is COc1cc(C=C(C#N)c2nc3ccccc3s2)ccc1OCc1ccc(F)cc1. The molecule has 0 amide bonds. The van der Waals surface area contributed by atoms with Gasteiger partial charge in [0, 0.05) is 0 Å². The molecule has 0 N–H and O–H groups in total. The smallest absolute Gasteiger partial charge is 0.161 e. The van der Waals surface area contributed by atoms with Crippen molar-refractivity contribution < 1.29 is 13.9 Å². The molecule has 0 aliphatic carbocycles. The molecule has 1 heterocycles. The van der Waals surface area contributed by atoms with Gasteiger partial charge in [0.05, 0.1) is 22.9 Å². The van der Waals surface area contributed by atoms with Gasteiger partial charge in [-0.05, 0) is 53.6 Å². The van der Waals surface area contributed by atoms with Crippen LogP contribution in [0, 0.1) is 17.1 Å². The summed E-state index contributed by atoms with van der Waals surface area (Å²) in [4.78, 5) is 4.55. The molecule has 0 aliphatic heterocycles. The molecule has 4 aromatic rings. The number of benzene rings is 3. The van der Waals surface area contributed by atoms with Crippen LogP contribution in [0.2, 0.25) is 0 Å². The Morgan fingerprint density at radius 2 is 1.90 bits per heavy atom. The second-order valence-electron chi connectivity index (χ2n) is 6.48. The Hall–Kier alpha value is -3.69. The van der Waals surface area contributed by atoms with Gasteiger partial charge in [-0.3, -0.25) is 0 Å². The van der Waals surface area contributed by atoms with Crippen molar-refractivity contribution >= 4 is 33.2 Å². The van der Waals surface area contributed by atoms with Crippen LogP contribution in [0.25, 0.3) is 21.9 Å². The van der Waals surface area contributed by atoms with E-state index in [1.54, 1.807) is 31.4 Å². The molecular formula is C24H17FN2O2S. The molecule has 0 saturated carbocycles. The lowest BCUT2D eigenvalue weighted by Gasteiger charge is -2.11. The molecule has 30 heavy (non-hydrogen) atoms. The van der Waals surface area contributed by atoms with Gasteiger partial charge in [-0.1, -0.05) is 30.3 Å². The molecule has 0 spiro atoms. The van der Waals surface area contributed by atoms with Gasteiger partial charge in [-0.2, -0.15) is 5.26 Å². The number of fused-ring (bicyclic) bond motifs is 1. The number of halogens is 1. The molecule has 0 unspecified atom stereocenters. The van der Waals surface area contributed by atoms with E-state index in [-0.39, 0.29) is 5.82 Å². The van der Waals surface area contributed by atoms with Crippen molar-refractivity contribution in [2.75, 3.05) is 7.11 Å². The van der Waals surface area contributed by atoms with Crippen molar-refractivity contribution in [3.05, 3.63) is 88.7 Å². The zero-order valence-corrected chi connectivity index (χ0v) is 16.9. The Balaban J connectivity index is 1.57. The summed E-state index contributed by atoms with van der Waals surface area (Å²) in [6.45, 7) is 0.293. The van der Waals surface area contributed by atoms with E-state index >= 15 is 0 Å². The molecule has 6 heteroatoms. The molecule has 0 aliphatic rings. The van der Waals surface area contributed by atoms with E-state index in [2.05, 4.69) is 11.1 Å². The zero-order valence-electron chi connectivity index (χ0n) is 16.1. The predicted molar refractivity (Wildman–Crippen MR) is 117 cm³/mol. The monoisotopic (exact) mass is 416 g/mol. The van der Waals surface area contributed by atoms with Gasteiger partial charge in [-0.25, -0.2) is 9.37 Å². The topological polar surface area (TPSA) is 55.1 Å². The van der Waals surface area contributed by atoms with Gasteiger partial charge in [-0.15, -0.1) is 11.3 Å². The summed E-state index contributed by atoms with van der Waals surface area (Å²) in [5.74, 6) is 0.832. The van der Waals surface area contributed by atoms with E-state index in [1.807, 2.05) is 36.4 Å². The molecule has 0 atom stereocenters. The Labute approximate surface area is 177 Å². The maximum Gasteiger partial charge on any atom is 0.161 e. The van der Waals surface area contributed by atoms with Crippen molar-refractivity contribution in [1.29, 1.82) is 5.26 Å². The van der Waals surface area contributed by atoms with Crippen molar-refractivity contribution in [1.82, 2.24) is 4.98 Å². The fraction of sp³-hybridized carbons (Fsp3) is 0.0833. The molecule has 0 saturated heterocycles. The zero-order chi connectivity index (χ0) is 20.9. The minimum Gasteiger partial charge on any atom is -0.493 e. The number of nitriles is 1. The Morgan fingerprint density at radius 3 is 2.63 bits per heavy atom. The number of allylic oxidation sites excluding steroid dienone is 1. The predicted octanol–water partition coefficient (Wildman–Crippen LogP) is 6.09. The first-order chi connectivity index (χ1) is 14.7. The molecule has 1 aromatic heterocycles. The van der Waals surface area contributed by atoms with E-state index in [9.17, 15) is 9.65 Å². The minimum atomic E-state index is -0.283. The number of nitrogens with zero attached hydrogens (tertiary/aromatic N) is 2. The van der Waals surface area contributed by atoms with Crippen LogP contribution in [0.3, 0.4) is 0 Å². The summed E-state index contributed by atoms with van der Waals surface area (Å²) < 4.78 is 25.3. The number of aromatic nitrogens is 1. The Bertz CT molecular complexity index is 1220. The molecule has 0 radical (unpaired) electrons. The summed E-state index contributed by atoms with van der Waals surface area (Å²) in [7, 11) is 1.56. The number of thiazole rings is 1. The first kappa shape index (κ1) is 19.6. The average Bonchev–Trinajstić information content (AvgIpc) is 3.21. The minimum absolute atomic E-state index is 0.283. The third kappa shape index (κ3) is 4.32. The largest absolute Gasteiger partial charge is 0.493 e. The molecular weight excluding hydrogens is 399 g/mol. The van der Waals surface area contributed by atoms with Crippen LogP contribution in [0.4, 0.5) is 4.39 Å². The fourth-order valence-electron chi connectivity index (χ4n) is 2.93. The Kier molecular flexibility index (Phi) is 5.73. The van der Waals surface area contributed by atoms with Gasteiger partial charge in [0.1, 0.15) is 23.5 Å². The van der Waals surface area contributed by atoms with Crippen molar-refractivity contribution in [3.63, 3.8) is 0 Å². The van der Waals surface area contributed by atoms with Crippen molar-refractivity contribution in [2.45, 2.75) is 6.61 Å². The summed E-state index contributed by atoms with van der Waals surface area (Å²) in [6.07, 6.45) is 1.78. The van der Waals surface area contributed by atoms with Crippen molar-refractivity contribution in [3.8, 4) is 17.6 Å². The number of hydrogen-bond acceptors (Lipinski definition) is 5. The average molecular weight is 416 g/mol. The highest BCUT2D eigenvalue weighted by Crippen LogP contribution is 2.32. The first-order valence-electron chi connectivity index (χ1n) is 9.19. The normalized spacial score (nSPS) is 11.3. The van der Waals surface area contributed by atoms with Crippen LogP contribution in [0.5, 0.6) is 11.5 Å². The second kappa shape index (κ2) is 8.76. The highest BCUT2D eigenvalue weighted by molar-refractivity contribution is 7.19. The van der Waals surface area contributed by atoms with Gasteiger partial charge in [0.25, 0.3) is 0 Å². The fourth-order valence-corrected chi connectivity index (χ4v) is 3.86. The van der Waals surface area contributed by atoms with Gasteiger partial charge in [0.2, 0.25) is 0 Å². The maximum atomic E-state index is 13.0. The third-order valence-electron chi connectivity index (χ3n) is 4.45. The first-order valence-corrected chi connectivity index (χ1v) is 10.0. The highest BCUT2D eigenvalue weighted by Gasteiger charge is 2.10. The van der Waals surface area contributed by atoms with Crippen molar-refractivity contribution in [2.24, 2.45) is 0 Å². The molecule has 148 valence electrons. The van der Waals surface area contributed by atoms with E-state index in [0.717, 1.165) is 21.3 Å². The van der Waals surface area contributed by atoms with E-state index in [0.29, 0.717) is 28.7 Å². The number of para-hydroxylation sites is 1. The summed E-state index contributed by atoms with van der Waals surface area (Å²) in [5, 5.41) is 10.3. The van der Waals surface area contributed by atoms with Crippen LogP contribution >= 0.6 is 11.3 Å². The molecule has 0 fully saturated rings. The van der Waals surface area contributed by atoms with Gasteiger partial charge in [0.15, 0.2) is 11.5 Å². The van der Waals surface area contributed by atoms with Gasteiger partial charge >= 0.3 is 0 Å². The van der Waals surface area contributed by atoms with Crippen LogP contribution in [0.1, 0.15) is 16.1 Å². The Morgan fingerprint density at radius 1 is 1.10 bits per heavy atom. The van der Waals surface area contributed by atoms with E-state index in [4.69, 9.17) is 9.47 Å². The van der Waals surface area contributed by atoms with E-state index in [1.165, 1.54) is 23.5 Å². The lowest BCUT2D eigenvalue weighted by atomic mass is 10.1. The third-order valence-corrected chi connectivity index (χ3v) is 5.52. The molecule has 4 rings (SSSR count). The maximum absolute atomic E-state index is 13.0. The van der Waals surface area contributed by atoms with Crippen LogP contribution in [0.15, 0.2) is 66.7 Å². The summed E-state index contributed by atoms with van der Waals surface area (Å²) >= 11 is 1.48. The quantitative estimate of drug-likeness (QED) is 0.357. The van der Waals surface area contributed by atoms with Crippen LogP contribution in [-0.4, -0.2) is 12.1 Å². The van der Waals surface area contributed by atoms with Crippen LogP contribution < -0.4 is 9.47 Å². The number of ether oxygens (including phenoxy) is 2. The van der Waals surface area contributed by atoms with Crippen LogP contribution in [-0.2, 0) is 6.61 Å². The lowest BCUT2D eigenvalue weighted by molar-refractivity contribution is 0.284. The second-order valence-corrected chi connectivity index (χ2v) is 7.51. The molecule has 3 aromatic carbocycles. The highest BCUT2D eigenvalue weighted by atomic mass is 32.1. The summed E-state index contributed by atoms with van der Waals surface area (Å²) in [5.41, 5.74) is 3.01. The van der Waals surface area contributed by atoms with Gasteiger partial charge < -0.3 is 9.47 Å². The number of methoxy groups -OCH3 is 1. The standard InChI is InChI=1S/C24H17FN2O2S/c1-28-22-13-17(8-11-21(22)29-15-16-6-9-19(25)10-7-16)12-18(14-26)24-27-20-4-2-3-5-23(20)30-24/h2-13H,15H2,1H3. The summed E-state index contributed by atoms with van der Waals surface area (Å²) in [6, 6.07) is 21.6. The number of hydrogen-bond donors (Lipinski definition) is 0. The number of rotatable bonds is 6. The molecule has 0 bridgehead atoms. The molecule has 4 nitrogen and oxygen atoms in total. The van der Waals surface area contributed by atoms with E-state index < -0.39 is 0 Å². The lowest BCUT2D eigenvalue weighted by Crippen LogP contribution is -1.98.